The van der Waals surface area contributed by atoms with Crippen molar-refractivity contribution in [3.05, 3.63) is 0 Å². The van der Waals surface area contributed by atoms with Gasteiger partial charge in [0, 0.05) is 13.7 Å². The second kappa shape index (κ2) is 10.3. The normalized spacial score (nSPS) is 15.0. The smallest absolute Gasteiger partial charge is 0.334 e. The third-order valence-corrected chi connectivity index (χ3v) is 6.13. The Morgan fingerprint density at radius 1 is 0.875 bits per heavy atom. The van der Waals surface area contributed by atoms with Crippen molar-refractivity contribution in [1.82, 2.24) is 0 Å². The summed E-state index contributed by atoms with van der Waals surface area (Å²) in [5, 5.41) is 0. The molecule has 0 aliphatic rings. The second-order valence-electron chi connectivity index (χ2n) is 4.70. The van der Waals surface area contributed by atoms with Crippen LogP contribution in [0.25, 0.3) is 0 Å². The zero-order valence-electron chi connectivity index (χ0n) is 11.7. The summed E-state index contributed by atoms with van der Waals surface area (Å²) in [6.07, 6.45) is 9.09. The molecule has 0 aromatic heterocycles. The highest BCUT2D eigenvalue weighted by Gasteiger charge is 2.28. The van der Waals surface area contributed by atoms with Gasteiger partial charge in [-0.15, -0.1) is 0 Å². The van der Waals surface area contributed by atoms with Crippen LogP contribution in [0.4, 0.5) is 0 Å². The fourth-order valence-electron chi connectivity index (χ4n) is 1.86. The molecule has 0 saturated carbocycles. The van der Waals surface area contributed by atoms with Crippen LogP contribution in [0.1, 0.15) is 58.8 Å². The standard InChI is InChI=1S/C13H30O2Si/c1-5-7-8-9-10-11-12-15-16(4,14-3)13-6-2/h5-13H2,1-4H3. The lowest BCUT2D eigenvalue weighted by Crippen LogP contribution is -2.37. The fourth-order valence-corrected chi connectivity index (χ4v) is 3.81. The van der Waals surface area contributed by atoms with Gasteiger partial charge in [0.25, 0.3) is 0 Å². The van der Waals surface area contributed by atoms with Crippen molar-refractivity contribution in [2.75, 3.05) is 13.7 Å². The van der Waals surface area contributed by atoms with E-state index in [1.165, 1.54) is 38.5 Å². The summed E-state index contributed by atoms with van der Waals surface area (Å²) in [6, 6.07) is 1.11. The van der Waals surface area contributed by atoms with E-state index in [2.05, 4.69) is 20.4 Å². The molecule has 1 unspecified atom stereocenters. The molecule has 0 aliphatic carbocycles. The molecule has 0 heterocycles. The van der Waals surface area contributed by atoms with E-state index in [0.717, 1.165) is 19.1 Å². The van der Waals surface area contributed by atoms with Gasteiger partial charge in [0.1, 0.15) is 0 Å². The molecule has 0 aromatic rings. The molecule has 0 radical (unpaired) electrons. The van der Waals surface area contributed by atoms with Crippen molar-refractivity contribution in [3.63, 3.8) is 0 Å². The van der Waals surface area contributed by atoms with Crippen LogP contribution in [0.15, 0.2) is 0 Å². The van der Waals surface area contributed by atoms with Gasteiger partial charge in [-0.2, -0.15) is 0 Å². The maximum atomic E-state index is 5.94. The van der Waals surface area contributed by atoms with Gasteiger partial charge in [-0.05, 0) is 19.0 Å². The highest BCUT2D eigenvalue weighted by atomic mass is 28.4. The van der Waals surface area contributed by atoms with Crippen molar-refractivity contribution in [1.29, 1.82) is 0 Å². The first-order valence-corrected chi connectivity index (χ1v) is 9.40. The monoisotopic (exact) mass is 246 g/mol. The average Bonchev–Trinajstić information content (AvgIpc) is 2.28. The minimum absolute atomic E-state index is 0.892. The van der Waals surface area contributed by atoms with Crippen LogP contribution >= 0.6 is 0 Å². The molecule has 0 aromatic carbocycles. The molecule has 0 fully saturated rings. The van der Waals surface area contributed by atoms with Crippen LogP contribution in [-0.4, -0.2) is 22.3 Å². The third-order valence-electron chi connectivity index (χ3n) is 3.04. The Bertz CT molecular complexity index is 153. The van der Waals surface area contributed by atoms with Gasteiger partial charge in [0.15, 0.2) is 0 Å². The molecule has 0 N–H and O–H groups in total. The quantitative estimate of drug-likeness (QED) is 0.395. The minimum Gasteiger partial charge on any atom is -0.398 e. The van der Waals surface area contributed by atoms with E-state index in [4.69, 9.17) is 8.85 Å². The molecule has 98 valence electrons. The van der Waals surface area contributed by atoms with E-state index in [-0.39, 0.29) is 0 Å². The zero-order valence-corrected chi connectivity index (χ0v) is 12.7. The number of hydrogen-bond acceptors (Lipinski definition) is 2. The Morgan fingerprint density at radius 3 is 2.06 bits per heavy atom. The zero-order chi connectivity index (χ0) is 12.3. The summed E-state index contributed by atoms with van der Waals surface area (Å²) in [4.78, 5) is 0. The average molecular weight is 246 g/mol. The maximum absolute atomic E-state index is 5.94. The minimum atomic E-state index is -1.80. The lowest BCUT2D eigenvalue weighted by molar-refractivity contribution is 0.199. The van der Waals surface area contributed by atoms with Crippen molar-refractivity contribution >= 4 is 8.56 Å². The summed E-state index contributed by atoms with van der Waals surface area (Å²) < 4.78 is 11.5. The van der Waals surface area contributed by atoms with Gasteiger partial charge in [0.2, 0.25) is 0 Å². The van der Waals surface area contributed by atoms with E-state index < -0.39 is 8.56 Å². The number of rotatable bonds is 11. The van der Waals surface area contributed by atoms with Crippen molar-refractivity contribution < 1.29 is 8.85 Å². The summed E-state index contributed by atoms with van der Waals surface area (Å²) in [6.45, 7) is 7.51. The van der Waals surface area contributed by atoms with Crippen LogP contribution in [0.5, 0.6) is 0 Å². The highest BCUT2D eigenvalue weighted by Crippen LogP contribution is 2.15. The first-order valence-electron chi connectivity index (χ1n) is 6.87. The maximum Gasteiger partial charge on any atom is 0.334 e. The van der Waals surface area contributed by atoms with E-state index in [1.54, 1.807) is 7.11 Å². The van der Waals surface area contributed by atoms with Gasteiger partial charge in [-0.3, -0.25) is 0 Å². The molecule has 16 heavy (non-hydrogen) atoms. The van der Waals surface area contributed by atoms with Crippen molar-refractivity contribution in [2.24, 2.45) is 0 Å². The molecule has 3 heteroatoms. The van der Waals surface area contributed by atoms with E-state index in [1.807, 2.05) is 0 Å². The third kappa shape index (κ3) is 8.31. The van der Waals surface area contributed by atoms with Gasteiger partial charge in [-0.25, -0.2) is 0 Å². The fraction of sp³-hybridized carbons (Fsp3) is 1.00. The van der Waals surface area contributed by atoms with Crippen LogP contribution in [0.3, 0.4) is 0 Å². The first kappa shape index (κ1) is 16.1. The lowest BCUT2D eigenvalue weighted by atomic mass is 10.1. The SMILES string of the molecule is CCCCCCCCO[Si](C)(CCC)OC. The Labute approximate surface area is 103 Å². The van der Waals surface area contributed by atoms with Crippen LogP contribution in [0.2, 0.25) is 12.6 Å². The predicted molar refractivity (Wildman–Crippen MR) is 73.1 cm³/mol. The largest absolute Gasteiger partial charge is 0.398 e. The Morgan fingerprint density at radius 2 is 1.50 bits per heavy atom. The van der Waals surface area contributed by atoms with Crippen molar-refractivity contribution in [2.45, 2.75) is 71.4 Å². The van der Waals surface area contributed by atoms with Crippen LogP contribution in [0, 0.1) is 0 Å². The summed E-state index contributed by atoms with van der Waals surface area (Å²) >= 11 is 0. The van der Waals surface area contributed by atoms with Crippen molar-refractivity contribution in [3.8, 4) is 0 Å². The van der Waals surface area contributed by atoms with Crippen LogP contribution < -0.4 is 0 Å². The molecule has 0 bridgehead atoms. The van der Waals surface area contributed by atoms with Gasteiger partial charge in [-0.1, -0.05) is 52.4 Å². The second-order valence-corrected chi connectivity index (χ2v) is 8.17. The van der Waals surface area contributed by atoms with E-state index >= 15 is 0 Å². The van der Waals surface area contributed by atoms with Crippen LogP contribution in [-0.2, 0) is 8.85 Å². The molecule has 0 aliphatic heterocycles. The van der Waals surface area contributed by atoms with E-state index in [0.29, 0.717) is 0 Å². The lowest BCUT2D eigenvalue weighted by Gasteiger charge is -2.24. The summed E-state index contributed by atoms with van der Waals surface area (Å²) in [5.74, 6) is 0. The topological polar surface area (TPSA) is 18.5 Å². The van der Waals surface area contributed by atoms with Gasteiger partial charge >= 0.3 is 8.56 Å². The molecule has 0 rings (SSSR count). The number of unbranched alkanes of at least 4 members (excludes halogenated alkanes) is 5. The molecule has 0 spiro atoms. The Kier molecular flexibility index (Phi) is 10.4. The molecule has 0 saturated heterocycles. The molecular weight excluding hydrogens is 216 g/mol. The summed E-state index contributed by atoms with van der Waals surface area (Å²) in [5.41, 5.74) is 0. The van der Waals surface area contributed by atoms with E-state index in [9.17, 15) is 0 Å². The molecule has 0 amide bonds. The number of hydrogen-bond donors (Lipinski definition) is 0. The predicted octanol–water partition coefficient (Wildman–Crippen LogP) is 4.49. The first-order chi connectivity index (χ1) is 7.68. The van der Waals surface area contributed by atoms with Gasteiger partial charge < -0.3 is 8.85 Å². The summed E-state index contributed by atoms with van der Waals surface area (Å²) in [7, 11) is -0.00398. The Balaban J connectivity index is 3.41. The Hall–Kier alpha value is 0.137. The molecular formula is C13H30O2Si. The van der Waals surface area contributed by atoms with Gasteiger partial charge in [0.05, 0.1) is 0 Å². The molecule has 1 atom stereocenters. The highest BCUT2D eigenvalue weighted by molar-refractivity contribution is 6.65. The molecule has 2 nitrogen and oxygen atoms in total.